The number of carbonyl (C=O) groups excluding carboxylic acids is 5. The van der Waals surface area contributed by atoms with Crippen LogP contribution < -0.4 is 16.4 Å². The molecule has 0 aromatic heterocycles. The first kappa shape index (κ1) is 32.4. The van der Waals surface area contributed by atoms with Crippen LogP contribution in [0.4, 0.5) is 4.79 Å². The van der Waals surface area contributed by atoms with Crippen LogP contribution in [0.25, 0.3) is 0 Å². The van der Waals surface area contributed by atoms with E-state index in [0.29, 0.717) is 0 Å². The lowest BCUT2D eigenvalue weighted by Crippen LogP contribution is -2.53. The molecule has 0 aliphatic heterocycles. The first-order valence-corrected chi connectivity index (χ1v) is 12.3. The van der Waals surface area contributed by atoms with Crippen LogP contribution in [-0.2, 0) is 28.7 Å². The van der Waals surface area contributed by atoms with Crippen molar-refractivity contribution in [2.24, 2.45) is 5.73 Å². The highest BCUT2D eigenvalue weighted by Crippen LogP contribution is 2.26. The lowest BCUT2D eigenvalue weighted by Gasteiger charge is -2.33. The minimum Gasteiger partial charge on any atom is -0.466 e. The molecule has 1 aromatic rings. The molecule has 0 saturated heterocycles. The molecule has 4 N–H and O–H groups in total. The summed E-state index contributed by atoms with van der Waals surface area (Å²) in [6.45, 7) is 6.02. The Labute approximate surface area is 228 Å². The van der Waals surface area contributed by atoms with E-state index in [2.05, 4.69) is 16.6 Å². The summed E-state index contributed by atoms with van der Waals surface area (Å²) in [7, 11) is 0. The van der Waals surface area contributed by atoms with Crippen molar-refractivity contribution in [3.63, 3.8) is 0 Å². The number of hydrogen-bond acceptors (Lipinski definition) is 8. The largest absolute Gasteiger partial charge is 0.466 e. The SMILES string of the molecule is C#Cc1ccccc1C(C(=O)NCCC(=O)OCC)N(CC#N)C(=O)C(CCC(N)=O)NC(=O)OC(C)(C)C. The van der Waals surface area contributed by atoms with Crippen LogP contribution in [-0.4, -0.2) is 66.0 Å². The summed E-state index contributed by atoms with van der Waals surface area (Å²) < 4.78 is 10.1. The van der Waals surface area contributed by atoms with E-state index in [1.807, 2.05) is 6.07 Å². The molecule has 0 radical (unpaired) electrons. The molecule has 1 aromatic carbocycles. The summed E-state index contributed by atoms with van der Waals surface area (Å²) in [5.41, 5.74) is 4.90. The minimum absolute atomic E-state index is 0.109. The molecule has 0 heterocycles. The molecule has 0 saturated carbocycles. The third-order valence-corrected chi connectivity index (χ3v) is 5.10. The van der Waals surface area contributed by atoms with Crippen molar-refractivity contribution in [2.45, 2.75) is 64.6 Å². The maximum atomic E-state index is 13.8. The van der Waals surface area contributed by atoms with Gasteiger partial charge < -0.3 is 30.7 Å². The number of primary amides is 1. The van der Waals surface area contributed by atoms with Crippen LogP contribution in [0.2, 0.25) is 0 Å². The average molecular weight is 542 g/mol. The van der Waals surface area contributed by atoms with Gasteiger partial charge in [-0.15, -0.1) is 6.42 Å². The lowest BCUT2D eigenvalue weighted by atomic mass is 9.97. The van der Waals surface area contributed by atoms with Crippen LogP contribution in [0.1, 0.15) is 64.1 Å². The van der Waals surface area contributed by atoms with Crippen LogP contribution in [0.5, 0.6) is 0 Å². The number of carbonyl (C=O) groups is 5. The van der Waals surface area contributed by atoms with E-state index in [0.717, 1.165) is 4.90 Å². The van der Waals surface area contributed by atoms with E-state index in [-0.39, 0.29) is 43.5 Å². The number of nitrogens with one attached hydrogen (secondary N) is 2. The second-order valence-corrected chi connectivity index (χ2v) is 9.31. The lowest BCUT2D eigenvalue weighted by molar-refractivity contribution is -0.144. The molecule has 210 valence electrons. The van der Waals surface area contributed by atoms with Crippen LogP contribution >= 0.6 is 0 Å². The highest BCUT2D eigenvalue weighted by Gasteiger charge is 2.37. The summed E-state index contributed by atoms with van der Waals surface area (Å²) >= 11 is 0. The Morgan fingerprint density at radius 1 is 1.15 bits per heavy atom. The number of nitrogens with zero attached hydrogens (tertiary/aromatic N) is 2. The monoisotopic (exact) mass is 541 g/mol. The van der Waals surface area contributed by atoms with Gasteiger partial charge in [-0.25, -0.2) is 4.79 Å². The molecule has 39 heavy (non-hydrogen) atoms. The normalized spacial score (nSPS) is 12.1. The van der Waals surface area contributed by atoms with Gasteiger partial charge in [0.05, 0.1) is 19.1 Å². The molecule has 2 atom stereocenters. The van der Waals surface area contributed by atoms with Gasteiger partial charge in [0.25, 0.3) is 0 Å². The summed E-state index contributed by atoms with van der Waals surface area (Å²) in [6.07, 6.45) is 4.08. The number of benzene rings is 1. The van der Waals surface area contributed by atoms with Crippen molar-refractivity contribution in [1.29, 1.82) is 5.26 Å². The van der Waals surface area contributed by atoms with E-state index >= 15 is 0 Å². The maximum Gasteiger partial charge on any atom is 0.408 e. The van der Waals surface area contributed by atoms with E-state index in [1.165, 1.54) is 6.07 Å². The Morgan fingerprint density at radius 2 is 1.82 bits per heavy atom. The Kier molecular flexibility index (Phi) is 13.0. The Morgan fingerprint density at radius 3 is 2.38 bits per heavy atom. The van der Waals surface area contributed by atoms with Gasteiger partial charge in [0.1, 0.15) is 24.2 Å². The van der Waals surface area contributed by atoms with Crippen molar-refractivity contribution < 1.29 is 33.4 Å². The minimum atomic E-state index is -1.41. The van der Waals surface area contributed by atoms with Crippen LogP contribution in [0.15, 0.2) is 24.3 Å². The highest BCUT2D eigenvalue weighted by molar-refractivity contribution is 5.93. The summed E-state index contributed by atoms with van der Waals surface area (Å²) in [6, 6.07) is 5.42. The van der Waals surface area contributed by atoms with Gasteiger partial charge in [0.15, 0.2) is 0 Å². The molecular formula is C27H35N5O7. The molecule has 2 unspecified atom stereocenters. The van der Waals surface area contributed by atoms with Crippen molar-refractivity contribution >= 4 is 29.8 Å². The van der Waals surface area contributed by atoms with E-state index in [9.17, 15) is 29.2 Å². The molecule has 12 nitrogen and oxygen atoms in total. The number of esters is 1. The Balaban J connectivity index is 3.47. The van der Waals surface area contributed by atoms with Gasteiger partial charge in [-0.3, -0.25) is 19.2 Å². The summed E-state index contributed by atoms with van der Waals surface area (Å²) in [4.78, 5) is 63.9. The standard InChI is InChI=1S/C27H35N5O7/c1-6-18-10-8-9-11-19(18)23(24(35)30-16-14-22(34)38-7-2)32(17-15-28)25(36)20(12-13-21(29)33)31-26(37)39-27(3,4)5/h1,8-11,20,23H,7,12-14,16-17H2,2-5H3,(H2,29,33)(H,30,35)(H,31,37). The third-order valence-electron chi connectivity index (χ3n) is 5.10. The van der Waals surface area contributed by atoms with Crippen LogP contribution in [0, 0.1) is 23.7 Å². The number of rotatable bonds is 13. The van der Waals surface area contributed by atoms with Gasteiger partial charge in [-0.05, 0) is 45.7 Å². The van der Waals surface area contributed by atoms with Gasteiger partial charge in [0, 0.05) is 18.5 Å². The van der Waals surface area contributed by atoms with Crippen molar-refractivity contribution in [3.8, 4) is 18.4 Å². The Bertz CT molecular complexity index is 1130. The number of amides is 4. The second kappa shape index (κ2) is 15.6. The fourth-order valence-corrected chi connectivity index (χ4v) is 3.50. The predicted octanol–water partition coefficient (Wildman–Crippen LogP) is 1.29. The smallest absolute Gasteiger partial charge is 0.408 e. The number of nitriles is 1. The fourth-order valence-electron chi connectivity index (χ4n) is 3.50. The maximum absolute atomic E-state index is 13.8. The van der Waals surface area contributed by atoms with Crippen LogP contribution in [0.3, 0.4) is 0 Å². The zero-order valence-corrected chi connectivity index (χ0v) is 22.6. The molecule has 12 heteroatoms. The highest BCUT2D eigenvalue weighted by atomic mass is 16.6. The Hall–Kier alpha value is -4.58. The van der Waals surface area contributed by atoms with Gasteiger partial charge >= 0.3 is 12.1 Å². The number of ether oxygens (including phenoxy) is 2. The van der Waals surface area contributed by atoms with Crippen molar-refractivity contribution in [2.75, 3.05) is 19.7 Å². The first-order chi connectivity index (χ1) is 18.3. The zero-order valence-electron chi connectivity index (χ0n) is 22.6. The quantitative estimate of drug-likeness (QED) is 0.190. The van der Waals surface area contributed by atoms with E-state index in [1.54, 1.807) is 45.9 Å². The van der Waals surface area contributed by atoms with Gasteiger partial charge in [0.2, 0.25) is 17.7 Å². The van der Waals surface area contributed by atoms with Gasteiger partial charge in [-0.2, -0.15) is 5.26 Å². The van der Waals surface area contributed by atoms with Gasteiger partial charge in [-0.1, -0.05) is 24.1 Å². The summed E-state index contributed by atoms with van der Waals surface area (Å²) in [5.74, 6) is -0.369. The molecule has 1 rings (SSSR count). The fraction of sp³-hybridized carbons (Fsp3) is 0.481. The van der Waals surface area contributed by atoms with Crippen molar-refractivity contribution in [1.82, 2.24) is 15.5 Å². The number of hydrogen-bond donors (Lipinski definition) is 3. The summed E-state index contributed by atoms with van der Waals surface area (Å²) in [5, 5.41) is 14.6. The molecule has 4 amide bonds. The average Bonchev–Trinajstić information content (AvgIpc) is 2.85. The number of alkyl carbamates (subject to hydrolysis) is 1. The third kappa shape index (κ3) is 11.1. The number of nitrogens with two attached hydrogens (primary N) is 1. The molecular weight excluding hydrogens is 506 g/mol. The first-order valence-electron chi connectivity index (χ1n) is 12.3. The zero-order chi connectivity index (χ0) is 29.6. The molecule has 0 aliphatic carbocycles. The topological polar surface area (TPSA) is 181 Å². The molecule has 0 bridgehead atoms. The molecule has 0 fully saturated rings. The van der Waals surface area contributed by atoms with E-state index in [4.69, 9.17) is 21.6 Å². The molecule has 0 aliphatic rings. The second-order valence-electron chi connectivity index (χ2n) is 9.31. The molecule has 0 spiro atoms. The van der Waals surface area contributed by atoms with E-state index < -0.39 is 54.0 Å². The van der Waals surface area contributed by atoms with Crippen molar-refractivity contribution in [3.05, 3.63) is 35.4 Å². The predicted molar refractivity (Wildman–Crippen MR) is 140 cm³/mol. The number of terminal acetylenes is 1.